The molecule has 0 aromatic heterocycles. The average Bonchev–Trinajstić information content (AvgIpc) is 3.10. The zero-order valence-corrected chi connectivity index (χ0v) is 12.1. The van der Waals surface area contributed by atoms with Gasteiger partial charge in [0, 0.05) is 26.3 Å². The zero-order chi connectivity index (χ0) is 14.4. The summed E-state index contributed by atoms with van der Waals surface area (Å²) in [6.45, 7) is 6.50. The van der Waals surface area contributed by atoms with Crippen molar-refractivity contribution in [2.45, 2.75) is 50.4 Å². The Bertz CT molecular complexity index is 305. The molecule has 3 atom stereocenters. The van der Waals surface area contributed by atoms with Crippen LogP contribution in [-0.4, -0.2) is 55.4 Å². The van der Waals surface area contributed by atoms with E-state index in [0.29, 0.717) is 19.5 Å². The molecule has 5 nitrogen and oxygen atoms in total. The molecule has 2 saturated heterocycles. The predicted octanol–water partition coefficient (Wildman–Crippen LogP) is 1.08. The highest BCUT2D eigenvalue weighted by Gasteiger charge is 2.28. The third kappa shape index (κ3) is 4.30. The number of amides is 1. The fourth-order valence-corrected chi connectivity index (χ4v) is 2.84. The van der Waals surface area contributed by atoms with Crippen molar-refractivity contribution >= 4 is 5.91 Å². The second-order valence-electron chi connectivity index (χ2n) is 5.64. The third-order valence-electron chi connectivity index (χ3n) is 3.95. The molecule has 0 radical (unpaired) electrons. The molecule has 20 heavy (non-hydrogen) atoms. The normalized spacial score (nSPS) is 27.4. The van der Waals surface area contributed by atoms with Crippen LogP contribution in [0.4, 0.5) is 0 Å². The van der Waals surface area contributed by atoms with Gasteiger partial charge in [-0.25, -0.2) is 0 Å². The molecule has 0 spiro atoms. The molecule has 2 heterocycles. The Morgan fingerprint density at radius 3 is 2.20 bits per heavy atom. The zero-order valence-electron chi connectivity index (χ0n) is 12.1. The van der Waals surface area contributed by atoms with Crippen LogP contribution in [0.25, 0.3) is 0 Å². The lowest BCUT2D eigenvalue weighted by Crippen LogP contribution is -2.49. The summed E-state index contributed by atoms with van der Waals surface area (Å²) in [6, 6.07) is -0.504. The molecule has 2 N–H and O–H groups in total. The van der Waals surface area contributed by atoms with Gasteiger partial charge in [0.25, 0.3) is 0 Å². The van der Waals surface area contributed by atoms with E-state index in [2.05, 4.69) is 6.58 Å². The van der Waals surface area contributed by atoms with Gasteiger partial charge >= 0.3 is 0 Å². The number of rotatable bonds is 7. The van der Waals surface area contributed by atoms with Gasteiger partial charge in [-0.3, -0.25) is 4.79 Å². The minimum atomic E-state index is -0.504. The van der Waals surface area contributed by atoms with Gasteiger partial charge in [0.2, 0.25) is 5.91 Å². The first kappa shape index (κ1) is 15.5. The van der Waals surface area contributed by atoms with Crippen molar-refractivity contribution in [3.8, 4) is 0 Å². The Kier molecular flexibility index (Phi) is 6.01. The first-order valence-electron chi connectivity index (χ1n) is 7.59. The maximum Gasteiger partial charge on any atom is 0.239 e. The van der Waals surface area contributed by atoms with Crippen LogP contribution in [0.15, 0.2) is 12.7 Å². The Morgan fingerprint density at radius 2 is 1.80 bits per heavy atom. The number of ether oxygens (including phenoxy) is 2. The van der Waals surface area contributed by atoms with Gasteiger partial charge in [-0.05, 0) is 32.1 Å². The Hall–Kier alpha value is -0.910. The summed E-state index contributed by atoms with van der Waals surface area (Å²) >= 11 is 0. The summed E-state index contributed by atoms with van der Waals surface area (Å²) in [7, 11) is 0. The van der Waals surface area contributed by atoms with Crippen LogP contribution < -0.4 is 5.73 Å². The van der Waals surface area contributed by atoms with Crippen molar-refractivity contribution in [2.24, 2.45) is 5.73 Å². The molecule has 1 amide bonds. The molecule has 3 unspecified atom stereocenters. The molecule has 0 saturated carbocycles. The standard InChI is InChI=1S/C15H26N2O3/c1-2-5-14(16)15(18)17(10-12-6-3-8-19-12)11-13-7-4-9-20-13/h2,12-14H,1,3-11,16H2. The molecule has 2 rings (SSSR count). The molecule has 5 heteroatoms. The lowest BCUT2D eigenvalue weighted by molar-refractivity contribution is -0.135. The maximum absolute atomic E-state index is 12.5. The first-order valence-corrected chi connectivity index (χ1v) is 7.59. The molecular formula is C15H26N2O3. The summed E-state index contributed by atoms with van der Waals surface area (Å²) in [5.74, 6) is -0.0177. The van der Waals surface area contributed by atoms with E-state index in [-0.39, 0.29) is 18.1 Å². The Balaban J connectivity index is 1.93. The predicted molar refractivity (Wildman–Crippen MR) is 77.3 cm³/mol. The summed E-state index contributed by atoms with van der Waals surface area (Å²) in [5.41, 5.74) is 5.93. The van der Waals surface area contributed by atoms with Gasteiger partial charge in [-0.15, -0.1) is 6.58 Å². The number of carbonyl (C=O) groups is 1. The van der Waals surface area contributed by atoms with Crippen LogP contribution in [-0.2, 0) is 14.3 Å². The molecule has 0 aromatic rings. The van der Waals surface area contributed by atoms with E-state index in [9.17, 15) is 4.79 Å². The molecular weight excluding hydrogens is 256 g/mol. The minimum Gasteiger partial charge on any atom is -0.376 e. The van der Waals surface area contributed by atoms with Crippen LogP contribution in [0.1, 0.15) is 32.1 Å². The summed E-state index contributed by atoms with van der Waals surface area (Å²) in [4.78, 5) is 14.3. The van der Waals surface area contributed by atoms with Gasteiger partial charge in [-0.1, -0.05) is 6.08 Å². The number of hydrogen-bond donors (Lipinski definition) is 1. The van der Waals surface area contributed by atoms with Crippen LogP contribution in [0, 0.1) is 0 Å². The first-order chi connectivity index (χ1) is 9.70. The number of nitrogens with two attached hydrogens (primary N) is 1. The van der Waals surface area contributed by atoms with E-state index >= 15 is 0 Å². The van der Waals surface area contributed by atoms with E-state index in [1.165, 1.54) is 0 Å². The van der Waals surface area contributed by atoms with Gasteiger partial charge in [0.05, 0.1) is 18.2 Å². The van der Waals surface area contributed by atoms with Crippen LogP contribution >= 0.6 is 0 Å². The van der Waals surface area contributed by atoms with Gasteiger partial charge in [-0.2, -0.15) is 0 Å². The van der Waals surface area contributed by atoms with Gasteiger partial charge in [0.15, 0.2) is 0 Å². The SMILES string of the molecule is C=CCC(N)C(=O)N(CC1CCCO1)CC1CCCO1. The highest BCUT2D eigenvalue weighted by atomic mass is 16.5. The van der Waals surface area contributed by atoms with E-state index in [1.54, 1.807) is 6.08 Å². The lowest BCUT2D eigenvalue weighted by Gasteiger charge is -2.29. The molecule has 0 aliphatic carbocycles. The minimum absolute atomic E-state index is 0.0177. The van der Waals surface area contributed by atoms with Gasteiger partial charge in [0.1, 0.15) is 0 Å². The molecule has 2 fully saturated rings. The topological polar surface area (TPSA) is 64.8 Å². The molecule has 2 aliphatic heterocycles. The second kappa shape index (κ2) is 7.76. The van der Waals surface area contributed by atoms with E-state index in [0.717, 1.165) is 38.9 Å². The van der Waals surface area contributed by atoms with Crippen molar-refractivity contribution in [1.29, 1.82) is 0 Å². The molecule has 114 valence electrons. The molecule has 2 aliphatic rings. The maximum atomic E-state index is 12.5. The van der Waals surface area contributed by atoms with Crippen molar-refractivity contribution in [3.63, 3.8) is 0 Å². The lowest BCUT2D eigenvalue weighted by atomic mass is 10.1. The van der Waals surface area contributed by atoms with Gasteiger partial charge < -0.3 is 20.1 Å². The van der Waals surface area contributed by atoms with E-state index in [1.807, 2.05) is 4.90 Å². The average molecular weight is 282 g/mol. The molecule has 0 bridgehead atoms. The highest BCUT2D eigenvalue weighted by Crippen LogP contribution is 2.18. The van der Waals surface area contributed by atoms with Crippen molar-refractivity contribution in [1.82, 2.24) is 4.90 Å². The summed E-state index contributed by atoms with van der Waals surface area (Å²) < 4.78 is 11.3. The smallest absolute Gasteiger partial charge is 0.239 e. The second-order valence-corrected chi connectivity index (χ2v) is 5.64. The Morgan fingerprint density at radius 1 is 1.25 bits per heavy atom. The number of hydrogen-bond acceptors (Lipinski definition) is 4. The van der Waals surface area contributed by atoms with Crippen molar-refractivity contribution in [2.75, 3.05) is 26.3 Å². The van der Waals surface area contributed by atoms with Crippen molar-refractivity contribution < 1.29 is 14.3 Å². The fourth-order valence-electron chi connectivity index (χ4n) is 2.84. The number of nitrogens with zero attached hydrogens (tertiary/aromatic N) is 1. The number of carbonyl (C=O) groups excluding carboxylic acids is 1. The van der Waals surface area contributed by atoms with Crippen molar-refractivity contribution in [3.05, 3.63) is 12.7 Å². The van der Waals surface area contributed by atoms with E-state index < -0.39 is 6.04 Å². The Labute approximate surface area is 121 Å². The largest absolute Gasteiger partial charge is 0.376 e. The van der Waals surface area contributed by atoms with E-state index in [4.69, 9.17) is 15.2 Å². The van der Waals surface area contributed by atoms with Crippen LogP contribution in [0.5, 0.6) is 0 Å². The third-order valence-corrected chi connectivity index (χ3v) is 3.95. The summed E-state index contributed by atoms with van der Waals surface area (Å²) in [6.07, 6.45) is 6.69. The molecule has 0 aromatic carbocycles. The summed E-state index contributed by atoms with van der Waals surface area (Å²) in [5, 5.41) is 0. The fraction of sp³-hybridized carbons (Fsp3) is 0.800. The van der Waals surface area contributed by atoms with Crippen LogP contribution in [0.3, 0.4) is 0 Å². The highest BCUT2D eigenvalue weighted by molar-refractivity contribution is 5.81. The van der Waals surface area contributed by atoms with Crippen LogP contribution in [0.2, 0.25) is 0 Å². The quantitative estimate of drug-likeness (QED) is 0.710. The monoisotopic (exact) mass is 282 g/mol.